The number of benzene rings is 2. The van der Waals surface area contributed by atoms with Crippen LogP contribution in [0, 0.1) is 0 Å². The number of hydrogen-bond donors (Lipinski definition) is 0. The molecule has 152 valence electrons. The summed E-state index contributed by atoms with van der Waals surface area (Å²) in [5.41, 5.74) is 1.27. The molecule has 0 amide bonds. The third-order valence-corrected chi connectivity index (χ3v) is 4.88. The van der Waals surface area contributed by atoms with Gasteiger partial charge in [0.2, 0.25) is 5.95 Å². The predicted molar refractivity (Wildman–Crippen MR) is 114 cm³/mol. The van der Waals surface area contributed by atoms with E-state index in [-0.39, 0.29) is 5.56 Å². The van der Waals surface area contributed by atoms with Crippen LogP contribution >= 0.6 is 0 Å². The summed E-state index contributed by atoms with van der Waals surface area (Å²) in [4.78, 5) is 32.2. The Morgan fingerprint density at radius 3 is 2.60 bits per heavy atom. The molecule has 4 aromatic rings. The van der Waals surface area contributed by atoms with Gasteiger partial charge in [-0.2, -0.15) is 0 Å². The first-order valence-corrected chi connectivity index (χ1v) is 9.60. The maximum absolute atomic E-state index is 13.5. The van der Waals surface area contributed by atoms with Crippen LogP contribution in [0.4, 0.5) is 5.95 Å². The highest BCUT2D eigenvalue weighted by Crippen LogP contribution is 2.22. The van der Waals surface area contributed by atoms with Gasteiger partial charge in [0.15, 0.2) is 0 Å². The number of ether oxygens (including phenoxy) is 1. The Labute approximate surface area is 173 Å². The number of nitrogens with zero attached hydrogens (tertiary/aromatic N) is 3. The van der Waals surface area contributed by atoms with E-state index in [0.717, 1.165) is 5.76 Å². The number of hydrogen-bond acceptors (Lipinski definition) is 6. The van der Waals surface area contributed by atoms with E-state index in [4.69, 9.17) is 14.1 Å². The molecule has 2 aromatic carbocycles. The van der Waals surface area contributed by atoms with E-state index >= 15 is 0 Å². The highest BCUT2D eigenvalue weighted by Gasteiger charge is 2.19. The van der Waals surface area contributed by atoms with Gasteiger partial charge in [-0.05, 0) is 49.4 Å². The Bertz CT molecular complexity index is 1230. The van der Waals surface area contributed by atoms with E-state index in [0.29, 0.717) is 41.2 Å². The van der Waals surface area contributed by atoms with E-state index < -0.39 is 5.97 Å². The molecule has 0 radical (unpaired) electrons. The summed E-state index contributed by atoms with van der Waals surface area (Å²) < 4.78 is 11.9. The minimum absolute atomic E-state index is 0.212. The average Bonchev–Trinajstić information content (AvgIpc) is 3.30. The van der Waals surface area contributed by atoms with Crippen LogP contribution < -0.4 is 10.5 Å². The smallest absolute Gasteiger partial charge is 0.337 e. The number of esters is 1. The first kappa shape index (κ1) is 19.4. The molecule has 0 unspecified atom stereocenters. The fraction of sp³-hybridized carbons (Fsp3) is 0.174. The maximum atomic E-state index is 13.5. The zero-order chi connectivity index (χ0) is 21.1. The minimum Gasteiger partial charge on any atom is -0.467 e. The molecule has 2 aromatic heterocycles. The summed E-state index contributed by atoms with van der Waals surface area (Å²) in [6.07, 6.45) is 1.61. The molecule has 7 nitrogen and oxygen atoms in total. The standard InChI is InChI=1S/C23H21N3O4/c1-3-25(15-18-10-7-13-30-18)23-24-20-14-16(22(28)29-2)11-12-19(20)21(27)26(23)17-8-5-4-6-9-17/h4-14H,3,15H2,1-2H3. The molecule has 7 heteroatoms. The van der Waals surface area contributed by atoms with Crippen LogP contribution in [-0.4, -0.2) is 29.2 Å². The van der Waals surface area contributed by atoms with E-state index in [2.05, 4.69) is 0 Å². The monoisotopic (exact) mass is 403 g/mol. The van der Waals surface area contributed by atoms with Crippen LogP contribution in [0.5, 0.6) is 0 Å². The second-order valence-electron chi connectivity index (χ2n) is 6.70. The summed E-state index contributed by atoms with van der Waals surface area (Å²) in [5.74, 6) is 0.754. The Morgan fingerprint density at radius 1 is 1.13 bits per heavy atom. The van der Waals surface area contributed by atoms with Gasteiger partial charge in [0.25, 0.3) is 5.56 Å². The van der Waals surface area contributed by atoms with Crippen LogP contribution in [-0.2, 0) is 11.3 Å². The second kappa shape index (κ2) is 8.24. The van der Waals surface area contributed by atoms with Gasteiger partial charge in [-0.25, -0.2) is 14.3 Å². The summed E-state index contributed by atoms with van der Waals surface area (Å²) in [6, 6.07) is 17.8. The Morgan fingerprint density at radius 2 is 1.93 bits per heavy atom. The molecule has 0 saturated carbocycles. The highest BCUT2D eigenvalue weighted by atomic mass is 16.5. The molecule has 2 heterocycles. The number of para-hydroxylation sites is 1. The van der Waals surface area contributed by atoms with Crippen molar-refractivity contribution in [2.75, 3.05) is 18.6 Å². The lowest BCUT2D eigenvalue weighted by Gasteiger charge is -2.25. The van der Waals surface area contributed by atoms with Crippen molar-refractivity contribution in [3.8, 4) is 5.69 Å². The largest absolute Gasteiger partial charge is 0.467 e. The van der Waals surface area contributed by atoms with Gasteiger partial charge in [0.1, 0.15) is 5.76 Å². The fourth-order valence-electron chi connectivity index (χ4n) is 3.36. The van der Waals surface area contributed by atoms with Crippen LogP contribution in [0.3, 0.4) is 0 Å². The second-order valence-corrected chi connectivity index (χ2v) is 6.70. The summed E-state index contributed by atoms with van der Waals surface area (Å²) in [6.45, 7) is 3.03. The Balaban J connectivity index is 1.96. The number of carbonyl (C=O) groups excluding carboxylic acids is 1. The predicted octanol–water partition coefficient (Wildman–Crippen LogP) is 3.79. The number of rotatable bonds is 6. The van der Waals surface area contributed by atoms with Crippen LogP contribution in [0.15, 0.2) is 76.1 Å². The number of aromatic nitrogens is 2. The molecule has 0 atom stereocenters. The van der Waals surface area contributed by atoms with Crippen molar-refractivity contribution < 1.29 is 13.9 Å². The normalized spacial score (nSPS) is 10.9. The van der Waals surface area contributed by atoms with E-state index in [1.54, 1.807) is 29.0 Å². The van der Waals surface area contributed by atoms with Gasteiger partial charge in [-0.15, -0.1) is 0 Å². The molecule has 0 saturated heterocycles. The summed E-state index contributed by atoms with van der Waals surface area (Å²) in [5, 5.41) is 0.421. The van der Waals surface area contributed by atoms with Crippen LogP contribution in [0.2, 0.25) is 0 Å². The fourth-order valence-corrected chi connectivity index (χ4v) is 3.36. The average molecular weight is 403 g/mol. The van der Waals surface area contributed by atoms with Crippen molar-refractivity contribution in [2.24, 2.45) is 0 Å². The Hall–Kier alpha value is -3.87. The number of furan rings is 1. The lowest BCUT2D eigenvalue weighted by molar-refractivity contribution is 0.0601. The lowest BCUT2D eigenvalue weighted by atomic mass is 10.1. The van der Waals surface area contributed by atoms with Crippen molar-refractivity contribution in [1.82, 2.24) is 9.55 Å². The van der Waals surface area contributed by atoms with Gasteiger partial charge < -0.3 is 14.1 Å². The molecule has 0 aliphatic carbocycles. The molecule has 0 N–H and O–H groups in total. The van der Waals surface area contributed by atoms with Crippen LogP contribution in [0.25, 0.3) is 16.6 Å². The molecule has 0 aliphatic heterocycles. The van der Waals surface area contributed by atoms with Gasteiger partial charge in [0.05, 0.1) is 42.1 Å². The molecule has 0 spiro atoms. The van der Waals surface area contributed by atoms with Crippen molar-refractivity contribution in [3.63, 3.8) is 0 Å². The number of fused-ring (bicyclic) bond motifs is 1. The Kier molecular flexibility index (Phi) is 5.34. The molecular formula is C23H21N3O4. The molecule has 4 rings (SSSR count). The number of methoxy groups -OCH3 is 1. The molecule has 30 heavy (non-hydrogen) atoms. The molecule has 0 bridgehead atoms. The summed E-state index contributed by atoms with van der Waals surface area (Å²) >= 11 is 0. The van der Waals surface area contributed by atoms with E-state index in [1.165, 1.54) is 7.11 Å². The third kappa shape index (κ3) is 3.57. The minimum atomic E-state index is -0.476. The van der Waals surface area contributed by atoms with Crippen molar-refractivity contribution in [2.45, 2.75) is 13.5 Å². The molecule has 0 aliphatic rings. The first-order chi connectivity index (χ1) is 14.6. The summed E-state index contributed by atoms with van der Waals surface area (Å²) in [7, 11) is 1.32. The van der Waals surface area contributed by atoms with E-state index in [1.807, 2.05) is 54.3 Å². The van der Waals surface area contributed by atoms with Gasteiger partial charge in [-0.3, -0.25) is 4.79 Å². The highest BCUT2D eigenvalue weighted by molar-refractivity contribution is 5.94. The van der Waals surface area contributed by atoms with Gasteiger partial charge in [-0.1, -0.05) is 18.2 Å². The number of carbonyl (C=O) groups is 1. The van der Waals surface area contributed by atoms with Crippen molar-refractivity contribution in [1.29, 1.82) is 0 Å². The third-order valence-electron chi connectivity index (χ3n) is 4.88. The molecule has 0 fully saturated rings. The van der Waals surface area contributed by atoms with Crippen molar-refractivity contribution >= 4 is 22.8 Å². The topological polar surface area (TPSA) is 77.6 Å². The quantitative estimate of drug-likeness (QED) is 0.456. The van der Waals surface area contributed by atoms with E-state index in [9.17, 15) is 9.59 Å². The maximum Gasteiger partial charge on any atom is 0.337 e. The van der Waals surface area contributed by atoms with Gasteiger partial charge in [0, 0.05) is 6.54 Å². The van der Waals surface area contributed by atoms with Crippen LogP contribution in [0.1, 0.15) is 23.0 Å². The first-order valence-electron chi connectivity index (χ1n) is 9.60. The number of anilines is 1. The SMILES string of the molecule is CCN(Cc1ccco1)c1nc2cc(C(=O)OC)ccc2c(=O)n1-c1ccccc1. The van der Waals surface area contributed by atoms with Gasteiger partial charge >= 0.3 is 5.97 Å². The lowest BCUT2D eigenvalue weighted by Crippen LogP contribution is -2.32. The zero-order valence-electron chi connectivity index (χ0n) is 16.7. The van der Waals surface area contributed by atoms with Crippen molar-refractivity contribution in [3.05, 3.63) is 88.6 Å². The zero-order valence-corrected chi connectivity index (χ0v) is 16.7. The molecular weight excluding hydrogens is 382 g/mol.